The van der Waals surface area contributed by atoms with Crippen LogP contribution in [0, 0.1) is 0 Å². The van der Waals surface area contributed by atoms with E-state index in [-0.39, 0.29) is 30.7 Å². The Labute approximate surface area is 189 Å². The van der Waals surface area contributed by atoms with Gasteiger partial charge in [-0.05, 0) is 49.1 Å². The molecular weight excluding hydrogens is 428 g/mol. The Kier molecular flexibility index (Phi) is 6.69. The summed E-state index contributed by atoms with van der Waals surface area (Å²) in [6, 6.07) is 12.9. The topological polar surface area (TPSA) is 109 Å². The van der Waals surface area contributed by atoms with Crippen LogP contribution in [0.2, 0.25) is 0 Å². The van der Waals surface area contributed by atoms with Crippen molar-refractivity contribution in [1.29, 1.82) is 0 Å². The van der Waals surface area contributed by atoms with Crippen LogP contribution in [0.1, 0.15) is 31.1 Å². The van der Waals surface area contributed by atoms with Crippen molar-refractivity contribution >= 4 is 40.9 Å². The molecule has 9 nitrogen and oxygen atoms in total. The molecule has 1 aliphatic heterocycles. The minimum absolute atomic E-state index is 0.103. The first-order valence-corrected chi connectivity index (χ1v) is 11.8. The quantitative estimate of drug-likeness (QED) is 0.483. The molecule has 1 saturated heterocycles. The molecular formula is C22H24N6O3S. The Morgan fingerprint density at radius 3 is 2.72 bits per heavy atom. The highest BCUT2D eigenvalue weighted by Gasteiger charge is 2.39. The van der Waals surface area contributed by atoms with E-state index in [2.05, 4.69) is 20.8 Å². The fraction of sp³-hybridized carbons (Fsp3) is 0.318. The average molecular weight is 453 g/mol. The minimum atomic E-state index is -0.730. The maximum atomic E-state index is 12.7. The zero-order valence-corrected chi connectivity index (χ0v) is 18.4. The number of fused-ring (bicyclic) bond motifs is 1. The highest BCUT2D eigenvalue weighted by atomic mass is 32.2. The molecule has 166 valence electrons. The number of para-hydroxylation sites is 1. The number of nitrogens with one attached hydrogen (secondary N) is 2. The minimum Gasteiger partial charge on any atom is -0.346 e. The van der Waals surface area contributed by atoms with Crippen molar-refractivity contribution in [2.45, 2.75) is 31.3 Å². The van der Waals surface area contributed by atoms with E-state index in [0.29, 0.717) is 23.6 Å². The lowest BCUT2D eigenvalue weighted by Crippen LogP contribution is -2.34. The lowest BCUT2D eigenvalue weighted by Gasteiger charge is -2.17. The van der Waals surface area contributed by atoms with Gasteiger partial charge in [-0.1, -0.05) is 24.3 Å². The SMILES string of the molecule is CSCCC(NC(=O)CCC1NC(=O)N(c2ccccc2)C1=O)c1nnc2ccccn12. The molecule has 2 unspecified atom stereocenters. The predicted molar refractivity (Wildman–Crippen MR) is 122 cm³/mol. The van der Waals surface area contributed by atoms with Crippen molar-refractivity contribution in [3.8, 4) is 0 Å². The molecule has 0 saturated carbocycles. The molecule has 3 aromatic rings. The second-order valence-electron chi connectivity index (χ2n) is 7.44. The van der Waals surface area contributed by atoms with Gasteiger partial charge in [0, 0.05) is 12.6 Å². The normalized spacial score (nSPS) is 16.9. The molecule has 0 aliphatic carbocycles. The van der Waals surface area contributed by atoms with Gasteiger partial charge in [0.15, 0.2) is 11.5 Å². The summed E-state index contributed by atoms with van der Waals surface area (Å²) in [6.45, 7) is 0. The van der Waals surface area contributed by atoms with Crippen molar-refractivity contribution in [2.75, 3.05) is 16.9 Å². The number of thioether (sulfide) groups is 1. The summed E-state index contributed by atoms with van der Waals surface area (Å²) in [5.74, 6) is 0.958. The smallest absolute Gasteiger partial charge is 0.329 e. The van der Waals surface area contributed by atoms with Gasteiger partial charge < -0.3 is 10.6 Å². The van der Waals surface area contributed by atoms with Crippen LogP contribution in [0.25, 0.3) is 5.65 Å². The first kappa shape index (κ1) is 21.8. The zero-order valence-electron chi connectivity index (χ0n) is 17.6. The van der Waals surface area contributed by atoms with Crippen molar-refractivity contribution in [3.05, 3.63) is 60.6 Å². The van der Waals surface area contributed by atoms with Gasteiger partial charge in [0.1, 0.15) is 6.04 Å². The molecule has 0 spiro atoms. The maximum absolute atomic E-state index is 12.7. The molecule has 0 bridgehead atoms. The number of anilines is 1. The van der Waals surface area contributed by atoms with Crippen LogP contribution >= 0.6 is 11.8 Å². The summed E-state index contributed by atoms with van der Waals surface area (Å²) in [5, 5.41) is 14.2. The van der Waals surface area contributed by atoms with Gasteiger partial charge in [0.25, 0.3) is 5.91 Å². The molecule has 10 heteroatoms. The first-order chi connectivity index (χ1) is 15.6. The fourth-order valence-corrected chi connectivity index (χ4v) is 4.16. The number of hydrogen-bond acceptors (Lipinski definition) is 6. The Hall–Kier alpha value is -3.40. The molecule has 1 aromatic carbocycles. The van der Waals surface area contributed by atoms with Crippen molar-refractivity contribution < 1.29 is 14.4 Å². The maximum Gasteiger partial charge on any atom is 0.329 e. The van der Waals surface area contributed by atoms with E-state index in [1.165, 1.54) is 0 Å². The van der Waals surface area contributed by atoms with Gasteiger partial charge in [-0.25, -0.2) is 9.69 Å². The monoisotopic (exact) mass is 452 g/mol. The Morgan fingerprint density at radius 2 is 1.94 bits per heavy atom. The zero-order chi connectivity index (χ0) is 22.5. The summed E-state index contributed by atoms with van der Waals surface area (Å²) in [5.41, 5.74) is 1.23. The number of imide groups is 1. The Bertz CT molecular complexity index is 1120. The number of amides is 4. The van der Waals surface area contributed by atoms with E-state index in [0.717, 1.165) is 10.7 Å². The van der Waals surface area contributed by atoms with Crippen molar-refractivity contribution in [3.63, 3.8) is 0 Å². The van der Waals surface area contributed by atoms with E-state index in [4.69, 9.17) is 0 Å². The molecule has 4 rings (SSSR count). The van der Waals surface area contributed by atoms with Gasteiger partial charge in [-0.2, -0.15) is 11.8 Å². The molecule has 1 fully saturated rings. The number of carbonyl (C=O) groups excluding carboxylic acids is 3. The summed E-state index contributed by atoms with van der Waals surface area (Å²) in [4.78, 5) is 38.9. The summed E-state index contributed by atoms with van der Waals surface area (Å²) < 4.78 is 1.86. The van der Waals surface area contributed by atoms with Crippen LogP contribution in [-0.2, 0) is 9.59 Å². The van der Waals surface area contributed by atoms with E-state index in [1.807, 2.05) is 41.1 Å². The largest absolute Gasteiger partial charge is 0.346 e. The van der Waals surface area contributed by atoms with E-state index < -0.39 is 12.1 Å². The third-order valence-corrected chi connectivity index (χ3v) is 5.94. The lowest BCUT2D eigenvalue weighted by molar-refractivity contribution is -0.122. The highest BCUT2D eigenvalue weighted by Crippen LogP contribution is 2.22. The second-order valence-corrected chi connectivity index (χ2v) is 8.42. The number of pyridine rings is 1. The van der Waals surface area contributed by atoms with E-state index in [1.54, 1.807) is 36.0 Å². The van der Waals surface area contributed by atoms with Gasteiger partial charge in [-0.3, -0.25) is 14.0 Å². The number of carbonyl (C=O) groups is 3. The Morgan fingerprint density at radius 1 is 1.16 bits per heavy atom. The summed E-state index contributed by atoms with van der Waals surface area (Å²) in [7, 11) is 0. The Balaban J connectivity index is 1.39. The third kappa shape index (κ3) is 4.59. The van der Waals surface area contributed by atoms with Crippen LogP contribution in [0.15, 0.2) is 54.7 Å². The second kappa shape index (κ2) is 9.82. The fourth-order valence-electron chi connectivity index (χ4n) is 3.69. The van der Waals surface area contributed by atoms with Crippen LogP contribution < -0.4 is 15.5 Å². The molecule has 3 heterocycles. The molecule has 2 atom stereocenters. The van der Waals surface area contributed by atoms with Crippen LogP contribution in [0.3, 0.4) is 0 Å². The molecule has 32 heavy (non-hydrogen) atoms. The van der Waals surface area contributed by atoms with Crippen LogP contribution in [-0.4, -0.2) is 50.5 Å². The highest BCUT2D eigenvalue weighted by molar-refractivity contribution is 7.98. The van der Waals surface area contributed by atoms with Gasteiger partial charge in [0.2, 0.25) is 5.91 Å². The standard InChI is InChI=1S/C22H24N6O3S/c1-32-14-12-16(20-26-25-18-9-5-6-13-27(18)20)23-19(29)11-10-17-21(30)28(22(31)24-17)15-7-3-2-4-8-15/h2-9,13,16-17H,10-12,14H2,1H3,(H,23,29)(H,24,31). The van der Waals surface area contributed by atoms with Crippen molar-refractivity contribution in [2.24, 2.45) is 0 Å². The van der Waals surface area contributed by atoms with E-state index in [9.17, 15) is 14.4 Å². The van der Waals surface area contributed by atoms with Crippen LogP contribution in [0.4, 0.5) is 10.5 Å². The lowest BCUT2D eigenvalue weighted by atomic mass is 10.1. The first-order valence-electron chi connectivity index (χ1n) is 10.4. The predicted octanol–water partition coefficient (Wildman–Crippen LogP) is 2.54. The summed E-state index contributed by atoms with van der Waals surface area (Å²) >= 11 is 1.69. The number of nitrogens with zero attached hydrogens (tertiary/aromatic N) is 4. The molecule has 2 aromatic heterocycles. The van der Waals surface area contributed by atoms with Gasteiger partial charge >= 0.3 is 6.03 Å². The third-order valence-electron chi connectivity index (χ3n) is 5.29. The molecule has 2 N–H and O–H groups in total. The number of rotatable bonds is 9. The van der Waals surface area contributed by atoms with Crippen LogP contribution in [0.5, 0.6) is 0 Å². The number of urea groups is 1. The molecule has 4 amide bonds. The van der Waals surface area contributed by atoms with Gasteiger partial charge in [-0.15, -0.1) is 10.2 Å². The molecule has 1 aliphatic rings. The summed E-state index contributed by atoms with van der Waals surface area (Å²) in [6.07, 6.45) is 4.90. The number of aromatic nitrogens is 3. The number of hydrogen-bond donors (Lipinski definition) is 2. The van der Waals surface area contributed by atoms with Crippen molar-refractivity contribution in [1.82, 2.24) is 25.2 Å². The average Bonchev–Trinajstić information content (AvgIpc) is 3.36. The number of benzene rings is 1. The molecule has 0 radical (unpaired) electrons. The van der Waals surface area contributed by atoms with E-state index >= 15 is 0 Å². The van der Waals surface area contributed by atoms with Gasteiger partial charge in [0.05, 0.1) is 11.7 Å².